The topological polar surface area (TPSA) is 77.6 Å². The van der Waals surface area contributed by atoms with Crippen LogP contribution in [0, 0.1) is 0 Å². The number of hydroxylamine groups is 1. The van der Waals surface area contributed by atoms with Gasteiger partial charge in [0.15, 0.2) is 0 Å². The van der Waals surface area contributed by atoms with Crippen molar-refractivity contribution in [1.29, 1.82) is 0 Å². The third kappa shape index (κ3) is 5.15. The lowest BCUT2D eigenvalue weighted by molar-refractivity contribution is -0.0589. The molecule has 4 rings (SSSR count). The van der Waals surface area contributed by atoms with Gasteiger partial charge >= 0.3 is 0 Å². The molecular weight excluding hydrogens is 390 g/mol. The second-order valence-electron chi connectivity index (χ2n) is 9.27. The Morgan fingerprint density at radius 1 is 1.19 bits per heavy atom. The molecule has 3 aromatic rings. The summed E-state index contributed by atoms with van der Waals surface area (Å²) in [5.74, 6) is -0.258. The summed E-state index contributed by atoms with van der Waals surface area (Å²) >= 11 is 0. The van der Waals surface area contributed by atoms with Gasteiger partial charge in [0.05, 0.1) is 12.2 Å². The zero-order valence-electron chi connectivity index (χ0n) is 18.4. The number of fused-ring (bicyclic) bond motifs is 1. The number of hydrogen-bond acceptors (Lipinski definition) is 4. The number of likely N-dealkylation sites (tertiary alicyclic amines) is 1. The fourth-order valence-corrected chi connectivity index (χ4v) is 4.08. The highest BCUT2D eigenvalue weighted by Crippen LogP contribution is 2.27. The summed E-state index contributed by atoms with van der Waals surface area (Å²) in [6.07, 6.45) is 2.20. The third-order valence-corrected chi connectivity index (χ3v) is 5.67. The van der Waals surface area contributed by atoms with Gasteiger partial charge in [0.25, 0.3) is 5.91 Å². The predicted molar refractivity (Wildman–Crippen MR) is 123 cm³/mol. The van der Waals surface area contributed by atoms with Crippen LogP contribution in [0.25, 0.3) is 22.0 Å². The molecule has 0 spiro atoms. The van der Waals surface area contributed by atoms with E-state index in [0.717, 1.165) is 53.7 Å². The lowest BCUT2D eigenvalue weighted by Crippen LogP contribution is -2.33. The third-order valence-electron chi connectivity index (χ3n) is 5.67. The number of aromatic nitrogens is 1. The van der Waals surface area contributed by atoms with Crippen LogP contribution in [0.15, 0.2) is 48.5 Å². The molecule has 3 N–H and O–H groups in total. The SMILES string of the molecule is CC(C)(C)ONC(=O)c1cccc(-c2ccc3[nH]c(CN4CCC[C@@H]4CO)cc3c2)c1. The van der Waals surface area contributed by atoms with Crippen LogP contribution in [0.3, 0.4) is 0 Å². The highest BCUT2D eigenvalue weighted by atomic mass is 16.7. The van der Waals surface area contributed by atoms with Crippen molar-refractivity contribution in [2.75, 3.05) is 13.2 Å². The van der Waals surface area contributed by atoms with Crippen molar-refractivity contribution in [3.63, 3.8) is 0 Å². The molecule has 1 saturated heterocycles. The van der Waals surface area contributed by atoms with Crippen LogP contribution < -0.4 is 5.48 Å². The number of H-pyrrole nitrogens is 1. The van der Waals surface area contributed by atoms with E-state index >= 15 is 0 Å². The average molecular weight is 422 g/mol. The first-order chi connectivity index (χ1) is 14.8. The van der Waals surface area contributed by atoms with Crippen LogP contribution in [0.5, 0.6) is 0 Å². The van der Waals surface area contributed by atoms with E-state index in [2.05, 4.69) is 39.6 Å². The number of aromatic amines is 1. The lowest BCUT2D eigenvalue weighted by Gasteiger charge is -2.21. The number of rotatable bonds is 6. The molecule has 31 heavy (non-hydrogen) atoms. The maximum absolute atomic E-state index is 12.4. The van der Waals surface area contributed by atoms with E-state index in [1.54, 1.807) is 6.07 Å². The smallest absolute Gasteiger partial charge is 0.274 e. The predicted octanol–water partition coefficient (Wildman–Crippen LogP) is 4.25. The molecule has 1 fully saturated rings. The maximum atomic E-state index is 12.4. The van der Waals surface area contributed by atoms with Crippen molar-refractivity contribution >= 4 is 16.8 Å². The van der Waals surface area contributed by atoms with Crippen LogP contribution in [-0.4, -0.2) is 45.7 Å². The van der Waals surface area contributed by atoms with Crippen molar-refractivity contribution in [1.82, 2.24) is 15.4 Å². The Bertz CT molecular complexity index is 1070. The molecule has 1 aromatic heterocycles. The highest BCUT2D eigenvalue weighted by Gasteiger charge is 2.24. The minimum Gasteiger partial charge on any atom is -0.395 e. The average Bonchev–Trinajstić information content (AvgIpc) is 3.37. The van der Waals surface area contributed by atoms with Crippen molar-refractivity contribution in [2.24, 2.45) is 0 Å². The molecule has 1 atom stereocenters. The Morgan fingerprint density at radius 2 is 2.00 bits per heavy atom. The molecule has 1 amide bonds. The molecule has 6 nitrogen and oxygen atoms in total. The number of nitrogens with one attached hydrogen (secondary N) is 2. The summed E-state index contributed by atoms with van der Waals surface area (Å²) in [4.78, 5) is 23.7. The Hall–Kier alpha value is -2.67. The van der Waals surface area contributed by atoms with Crippen molar-refractivity contribution in [3.05, 3.63) is 59.8 Å². The van der Waals surface area contributed by atoms with E-state index in [0.29, 0.717) is 5.56 Å². The summed E-state index contributed by atoms with van der Waals surface area (Å²) in [5, 5.41) is 10.7. The van der Waals surface area contributed by atoms with Crippen LogP contribution in [0.2, 0.25) is 0 Å². The van der Waals surface area contributed by atoms with Gasteiger partial charge in [-0.15, -0.1) is 0 Å². The molecule has 1 aliphatic heterocycles. The van der Waals surface area contributed by atoms with Gasteiger partial charge in [-0.3, -0.25) is 14.5 Å². The monoisotopic (exact) mass is 421 g/mol. The number of aliphatic hydroxyl groups excluding tert-OH is 1. The second-order valence-corrected chi connectivity index (χ2v) is 9.27. The van der Waals surface area contributed by atoms with Crippen molar-refractivity contribution < 1.29 is 14.7 Å². The minimum atomic E-state index is -0.448. The van der Waals surface area contributed by atoms with E-state index in [1.807, 2.05) is 39.0 Å². The van der Waals surface area contributed by atoms with Crippen LogP contribution in [-0.2, 0) is 11.4 Å². The largest absolute Gasteiger partial charge is 0.395 e. The number of amides is 1. The van der Waals surface area contributed by atoms with Gasteiger partial charge in [0.1, 0.15) is 0 Å². The first-order valence-electron chi connectivity index (χ1n) is 10.9. The first kappa shape index (κ1) is 21.6. The van der Waals surface area contributed by atoms with Gasteiger partial charge in [-0.1, -0.05) is 18.2 Å². The van der Waals surface area contributed by atoms with Crippen LogP contribution in [0.4, 0.5) is 0 Å². The van der Waals surface area contributed by atoms with Crippen LogP contribution >= 0.6 is 0 Å². The number of nitrogens with zero attached hydrogens (tertiary/aromatic N) is 1. The fourth-order valence-electron chi connectivity index (χ4n) is 4.08. The number of aliphatic hydroxyl groups is 1. The number of benzene rings is 2. The van der Waals surface area contributed by atoms with Gasteiger partial charge in [0.2, 0.25) is 0 Å². The van der Waals surface area contributed by atoms with Gasteiger partial charge in [-0.05, 0) is 81.6 Å². The molecule has 164 valence electrons. The molecule has 0 unspecified atom stereocenters. The fraction of sp³-hybridized carbons (Fsp3) is 0.400. The van der Waals surface area contributed by atoms with Crippen molar-refractivity contribution in [3.8, 4) is 11.1 Å². The van der Waals surface area contributed by atoms with E-state index in [9.17, 15) is 9.90 Å². The summed E-state index contributed by atoms with van der Waals surface area (Å²) in [6.45, 7) is 7.72. The van der Waals surface area contributed by atoms with E-state index in [-0.39, 0.29) is 18.6 Å². The number of carbonyl (C=O) groups excluding carboxylic acids is 1. The molecule has 0 aliphatic carbocycles. The number of hydrogen-bond donors (Lipinski definition) is 3. The highest BCUT2D eigenvalue weighted by molar-refractivity contribution is 5.95. The summed E-state index contributed by atoms with van der Waals surface area (Å²) in [7, 11) is 0. The van der Waals surface area contributed by atoms with Crippen LogP contribution in [0.1, 0.15) is 49.7 Å². The Kier molecular flexibility index (Phi) is 6.14. The standard InChI is InChI=1S/C25H31N3O3/c1-25(2,3)31-27-24(30)19-7-4-6-17(12-19)18-9-10-23-20(13-18)14-21(26-23)15-28-11-5-8-22(28)16-29/h4,6-7,9-10,12-14,22,26,29H,5,8,11,15-16H2,1-3H3,(H,27,30)/t22-/m1/s1. The maximum Gasteiger partial charge on any atom is 0.274 e. The number of carbonyl (C=O) groups is 1. The summed E-state index contributed by atoms with van der Waals surface area (Å²) in [5.41, 5.74) is 6.91. The molecule has 1 aliphatic rings. The molecular formula is C25H31N3O3. The molecule has 0 bridgehead atoms. The van der Waals surface area contributed by atoms with Crippen molar-refractivity contribution in [2.45, 2.75) is 51.8 Å². The molecule has 2 heterocycles. The van der Waals surface area contributed by atoms with Gasteiger partial charge in [-0.25, -0.2) is 5.48 Å². The van der Waals surface area contributed by atoms with E-state index < -0.39 is 5.60 Å². The van der Waals surface area contributed by atoms with E-state index in [4.69, 9.17) is 4.84 Å². The zero-order chi connectivity index (χ0) is 22.0. The molecule has 0 radical (unpaired) electrons. The molecule has 6 heteroatoms. The van der Waals surface area contributed by atoms with Gasteiger partial charge < -0.3 is 10.1 Å². The molecule has 2 aromatic carbocycles. The van der Waals surface area contributed by atoms with E-state index in [1.165, 1.54) is 0 Å². The first-order valence-corrected chi connectivity index (χ1v) is 10.9. The molecule has 0 saturated carbocycles. The minimum absolute atomic E-state index is 0.217. The van der Waals surface area contributed by atoms with Gasteiger partial charge in [0, 0.05) is 34.7 Å². The zero-order valence-corrected chi connectivity index (χ0v) is 18.4. The quantitative estimate of drug-likeness (QED) is 0.520. The Labute approximate surface area is 183 Å². The Balaban J connectivity index is 1.52. The lowest BCUT2D eigenvalue weighted by atomic mass is 10.0. The summed E-state index contributed by atoms with van der Waals surface area (Å²) < 4.78 is 0. The second kappa shape index (κ2) is 8.83. The normalized spacial score (nSPS) is 17.4. The summed E-state index contributed by atoms with van der Waals surface area (Å²) in [6, 6.07) is 16.3. The Morgan fingerprint density at radius 3 is 2.77 bits per heavy atom. The van der Waals surface area contributed by atoms with Gasteiger partial charge in [-0.2, -0.15) is 0 Å².